The third-order valence-corrected chi connectivity index (χ3v) is 2.17. The summed E-state index contributed by atoms with van der Waals surface area (Å²) in [7, 11) is 0. The number of rotatable bonds is 2. The van der Waals surface area contributed by atoms with Gasteiger partial charge in [-0.05, 0) is 23.9 Å². The highest BCUT2D eigenvalue weighted by atomic mass is 32.2. The Hall–Kier alpha value is -1.22. The van der Waals surface area contributed by atoms with E-state index in [1.165, 1.54) is 0 Å². The van der Waals surface area contributed by atoms with Crippen molar-refractivity contribution in [3.8, 4) is 0 Å². The van der Waals surface area contributed by atoms with Crippen molar-refractivity contribution < 1.29 is 4.79 Å². The van der Waals surface area contributed by atoms with Gasteiger partial charge in [-0.3, -0.25) is 4.79 Å². The Morgan fingerprint density at radius 2 is 1.92 bits per heavy atom. The van der Waals surface area contributed by atoms with Crippen LogP contribution in [0.15, 0.2) is 47.5 Å². The Kier molecular flexibility index (Phi) is 2.94. The van der Waals surface area contributed by atoms with Crippen molar-refractivity contribution in [3.63, 3.8) is 0 Å². The first-order chi connectivity index (χ1) is 5.70. The molecule has 1 rings (SSSR count). The molecule has 3 heteroatoms. The van der Waals surface area contributed by atoms with Crippen LogP contribution in [0.1, 0.15) is 0 Å². The zero-order valence-electron chi connectivity index (χ0n) is 6.49. The highest BCUT2D eigenvalue weighted by molar-refractivity contribution is 8.14. The van der Waals surface area contributed by atoms with E-state index in [1.807, 2.05) is 30.3 Å². The van der Waals surface area contributed by atoms with Crippen LogP contribution in [0.4, 0.5) is 0 Å². The molecule has 12 heavy (non-hydrogen) atoms. The highest BCUT2D eigenvalue weighted by Gasteiger charge is 2.04. The van der Waals surface area contributed by atoms with Crippen LogP contribution in [-0.2, 0) is 4.79 Å². The summed E-state index contributed by atoms with van der Waals surface area (Å²) in [5, 5.41) is -0.193. The molecule has 0 spiro atoms. The van der Waals surface area contributed by atoms with Gasteiger partial charge in [0.2, 0.25) is 5.12 Å². The molecule has 0 unspecified atom stereocenters. The van der Waals surface area contributed by atoms with Crippen LogP contribution in [0.3, 0.4) is 0 Å². The van der Waals surface area contributed by atoms with Gasteiger partial charge in [0.1, 0.15) is 0 Å². The van der Waals surface area contributed by atoms with Crippen LogP contribution in [0.2, 0.25) is 0 Å². The summed E-state index contributed by atoms with van der Waals surface area (Å²) in [5.41, 5.74) is 5.31. The lowest BCUT2D eigenvalue weighted by Crippen LogP contribution is -2.04. The number of hydrogen-bond donors (Lipinski definition) is 1. The summed E-state index contributed by atoms with van der Waals surface area (Å²) in [6.45, 7) is 3.36. The van der Waals surface area contributed by atoms with Crippen molar-refractivity contribution >= 4 is 16.9 Å². The maximum absolute atomic E-state index is 11.1. The Bertz CT molecular complexity index is 295. The van der Waals surface area contributed by atoms with Crippen molar-refractivity contribution in [2.24, 2.45) is 5.73 Å². The number of carbonyl (C=O) groups is 1. The molecular formula is C9H9NOS. The summed E-state index contributed by atoms with van der Waals surface area (Å²) in [4.78, 5) is 11.9. The van der Waals surface area contributed by atoms with Crippen molar-refractivity contribution in [2.75, 3.05) is 0 Å². The Morgan fingerprint density at radius 3 is 2.42 bits per heavy atom. The minimum Gasteiger partial charge on any atom is -0.396 e. The summed E-state index contributed by atoms with van der Waals surface area (Å²) < 4.78 is 0. The number of hydrogen-bond acceptors (Lipinski definition) is 3. The summed E-state index contributed by atoms with van der Waals surface area (Å²) in [6.07, 6.45) is 0. The van der Waals surface area contributed by atoms with E-state index in [2.05, 4.69) is 6.58 Å². The third-order valence-electron chi connectivity index (χ3n) is 1.22. The molecule has 0 aliphatic heterocycles. The Labute approximate surface area is 75.5 Å². The molecule has 0 aromatic heterocycles. The molecule has 62 valence electrons. The molecule has 1 aromatic carbocycles. The van der Waals surface area contributed by atoms with Gasteiger partial charge in [0.25, 0.3) is 0 Å². The van der Waals surface area contributed by atoms with Crippen molar-refractivity contribution in [1.29, 1.82) is 0 Å². The van der Waals surface area contributed by atoms with Gasteiger partial charge in [-0.1, -0.05) is 24.8 Å². The number of thioether (sulfide) groups is 1. The quantitative estimate of drug-likeness (QED) is 0.556. The lowest BCUT2D eigenvalue weighted by Gasteiger charge is -1.97. The fourth-order valence-corrected chi connectivity index (χ4v) is 1.30. The third kappa shape index (κ3) is 2.43. The van der Waals surface area contributed by atoms with Crippen LogP contribution in [-0.4, -0.2) is 5.12 Å². The molecule has 0 atom stereocenters. The second-order valence-corrected chi connectivity index (χ2v) is 3.27. The summed E-state index contributed by atoms with van der Waals surface area (Å²) in [5.74, 6) is 0. The maximum atomic E-state index is 11.1. The summed E-state index contributed by atoms with van der Waals surface area (Å²) >= 11 is 1.09. The standard InChI is InChI=1S/C9H9NOS/c1-7(10)9(11)12-8-5-3-2-4-6-8/h2-6H,1,10H2. The number of nitrogens with two attached hydrogens (primary N) is 1. The van der Waals surface area contributed by atoms with Crippen LogP contribution in [0.25, 0.3) is 0 Å². The number of benzene rings is 1. The van der Waals surface area contributed by atoms with Gasteiger partial charge in [-0.15, -0.1) is 0 Å². The molecule has 0 heterocycles. The fourth-order valence-electron chi connectivity index (χ4n) is 0.661. The van der Waals surface area contributed by atoms with E-state index in [0.717, 1.165) is 16.7 Å². The first-order valence-electron chi connectivity index (χ1n) is 3.42. The summed E-state index contributed by atoms with van der Waals surface area (Å²) in [6, 6.07) is 9.34. The van der Waals surface area contributed by atoms with Crippen molar-refractivity contribution in [3.05, 3.63) is 42.6 Å². The van der Waals surface area contributed by atoms with E-state index in [-0.39, 0.29) is 10.8 Å². The van der Waals surface area contributed by atoms with Crippen molar-refractivity contribution in [1.82, 2.24) is 0 Å². The topological polar surface area (TPSA) is 43.1 Å². The predicted molar refractivity (Wildman–Crippen MR) is 50.6 cm³/mol. The lowest BCUT2D eigenvalue weighted by molar-refractivity contribution is -0.107. The van der Waals surface area contributed by atoms with Crippen molar-refractivity contribution in [2.45, 2.75) is 4.90 Å². The smallest absolute Gasteiger partial charge is 0.239 e. The molecule has 0 aliphatic carbocycles. The SMILES string of the molecule is C=C(N)C(=O)Sc1ccccc1. The second kappa shape index (κ2) is 3.97. The van der Waals surface area contributed by atoms with Gasteiger partial charge < -0.3 is 5.73 Å². The average Bonchev–Trinajstić information content (AvgIpc) is 2.06. The Balaban J connectivity index is 2.65. The molecule has 1 aromatic rings. The van der Waals surface area contributed by atoms with Gasteiger partial charge >= 0.3 is 0 Å². The van der Waals surface area contributed by atoms with E-state index in [9.17, 15) is 4.79 Å². The zero-order chi connectivity index (χ0) is 8.97. The molecule has 0 radical (unpaired) electrons. The van der Waals surface area contributed by atoms with Gasteiger partial charge in [-0.2, -0.15) is 0 Å². The van der Waals surface area contributed by atoms with E-state index in [0.29, 0.717) is 0 Å². The van der Waals surface area contributed by atoms with E-state index < -0.39 is 0 Å². The number of carbonyl (C=O) groups excluding carboxylic acids is 1. The van der Waals surface area contributed by atoms with E-state index in [4.69, 9.17) is 5.73 Å². The van der Waals surface area contributed by atoms with Crippen LogP contribution < -0.4 is 5.73 Å². The van der Waals surface area contributed by atoms with Gasteiger partial charge in [-0.25, -0.2) is 0 Å². The lowest BCUT2D eigenvalue weighted by atomic mass is 10.4. The minimum absolute atomic E-state index is 0.0869. The maximum Gasteiger partial charge on any atom is 0.239 e. The highest BCUT2D eigenvalue weighted by Crippen LogP contribution is 2.19. The van der Waals surface area contributed by atoms with Crippen LogP contribution >= 0.6 is 11.8 Å². The first-order valence-corrected chi connectivity index (χ1v) is 4.23. The van der Waals surface area contributed by atoms with E-state index >= 15 is 0 Å². The molecule has 0 bridgehead atoms. The minimum atomic E-state index is -0.193. The molecule has 0 fully saturated rings. The molecule has 2 nitrogen and oxygen atoms in total. The zero-order valence-corrected chi connectivity index (χ0v) is 7.30. The second-order valence-electron chi connectivity index (χ2n) is 2.23. The monoisotopic (exact) mass is 179 g/mol. The normalized spacial score (nSPS) is 9.33. The fraction of sp³-hybridized carbons (Fsp3) is 0. The van der Waals surface area contributed by atoms with E-state index in [1.54, 1.807) is 0 Å². The molecule has 2 N–H and O–H groups in total. The van der Waals surface area contributed by atoms with Gasteiger partial charge in [0.05, 0.1) is 5.70 Å². The van der Waals surface area contributed by atoms with Crippen LogP contribution in [0, 0.1) is 0 Å². The van der Waals surface area contributed by atoms with Crippen LogP contribution in [0.5, 0.6) is 0 Å². The molecule has 0 aliphatic rings. The molecule has 0 saturated carbocycles. The molecule has 0 saturated heterocycles. The Morgan fingerprint density at radius 1 is 1.33 bits per heavy atom. The molecular weight excluding hydrogens is 170 g/mol. The van der Waals surface area contributed by atoms with Gasteiger partial charge in [0.15, 0.2) is 0 Å². The predicted octanol–water partition coefficient (Wildman–Crippen LogP) is 1.78. The molecule has 0 amide bonds. The first kappa shape index (κ1) is 8.87. The largest absolute Gasteiger partial charge is 0.396 e. The van der Waals surface area contributed by atoms with Gasteiger partial charge in [0, 0.05) is 4.90 Å². The average molecular weight is 179 g/mol.